The molecule has 1 aromatic carbocycles. The van der Waals surface area contributed by atoms with Crippen LogP contribution in [0.3, 0.4) is 0 Å². The quantitative estimate of drug-likeness (QED) is 0.796. The topological polar surface area (TPSA) is 55.6 Å². The third-order valence-corrected chi connectivity index (χ3v) is 4.19. The molecule has 0 spiro atoms. The van der Waals surface area contributed by atoms with Crippen LogP contribution >= 0.6 is 0 Å². The van der Waals surface area contributed by atoms with Crippen LogP contribution < -0.4 is 10.1 Å². The third-order valence-electron chi connectivity index (χ3n) is 4.19. The number of carbonyl (C=O) groups excluding carboxylic acids is 1. The zero-order chi connectivity index (χ0) is 16.5. The summed E-state index contributed by atoms with van der Waals surface area (Å²) >= 11 is 0. The molecule has 1 saturated carbocycles. The number of hydrogen-bond acceptors (Lipinski definition) is 3. The van der Waals surface area contributed by atoms with E-state index in [1.54, 1.807) is 47.3 Å². The Kier molecular flexibility index (Phi) is 3.65. The largest absolute Gasteiger partial charge is 0.487 e. The van der Waals surface area contributed by atoms with Gasteiger partial charge in [-0.1, -0.05) is 0 Å². The number of benzene rings is 1. The summed E-state index contributed by atoms with van der Waals surface area (Å²) in [6, 6.07) is 7.92. The van der Waals surface area contributed by atoms with Crippen molar-refractivity contribution in [2.75, 3.05) is 5.32 Å². The molecule has 0 atom stereocenters. The van der Waals surface area contributed by atoms with E-state index in [2.05, 4.69) is 10.3 Å². The lowest BCUT2D eigenvalue weighted by Crippen LogP contribution is -2.25. The molecule has 0 saturated heterocycles. The second-order valence-electron chi connectivity index (χ2n) is 5.88. The zero-order valence-corrected chi connectivity index (χ0v) is 12.9. The molecule has 1 aliphatic carbocycles. The van der Waals surface area contributed by atoms with Crippen LogP contribution in [-0.4, -0.2) is 21.4 Å². The van der Waals surface area contributed by atoms with E-state index < -0.39 is 5.82 Å². The number of imidazole rings is 1. The predicted molar refractivity (Wildman–Crippen MR) is 87.8 cm³/mol. The minimum atomic E-state index is -0.468. The van der Waals surface area contributed by atoms with Crippen molar-refractivity contribution in [1.29, 1.82) is 0 Å². The van der Waals surface area contributed by atoms with Gasteiger partial charge < -0.3 is 14.5 Å². The number of aromatic nitrogens is 2. The Balaban J connectivity index is 1.49. The highest BCUT2D eigenvalue weighted by Crippen LogP contribution is 2.28. The van der Waals surface area contributed by atoms with E-state index in [0.29, 0.717) is 11.3 Å². The highest BCUT2D eigenvalue weighted by Gasteiger charge is 2.20. The summed E-state index contributed by atoms with van der Waals surface area (Å²) in [6.45, 7) is 0. The highest BCUT2D eigenvalue weighted by atomic mass is 19.1. The number of carbonyl (C=O) groups is 1. The van der Waals surface area contributed by atoms with Crippen LogP contribution in [-0.2, 0) is 0 Å². The Hall–Kier alpha value is -2.89. The average Bonchev–Trinajstić information content (AvgIpc) is 3.00. The molecule has 5 nitrogen and oxygen atoms in total. The van der Waals surface area contributed by atoms with Crippen LogP contribution in [0.15, 0.2) is 48.9 Å². The van der Waals surface area contributed by atoms with Crippen molar-refractivity contribution in [2.45, 2.75) is 25.4 Å². The third kappa shape index (κ3) is 2.82. The molecule has 2 heterocycles. The van der Waals surface area contributed by atoms with Gasteiger partial charge >= 0.3 is 0 Å². The number of nitrogens with one attached hydrogen (secondary N) is 1. The van der Waals surface area contributed by atoms with Crippen LogP contribution in [0.2, 0.25) is 0 Å². The number of nitrogens with zero attached hydrogens (tertiary/aromatic N) is 2. The molecule has 2 aromatic heterocycles. The van der Waals surface area contributed by atoms with E-state index in [1.807, 2.05) is 0 Å². The lowest BCUT2D eigenvalue weighted by Gasteiger charge is -2.26. The number of halogens is 1. The predicted octanol–water partition coefficient (Wildman–Crippen LogP) is 3.66. The zero-order valence-electron chi connectivity index (χ0n) is 12.9. The van der Waals surface area contributed by atoms with Crippen LogP contribution in [0.5, 0.6) is 5.75 Å². The standard InChI is InChI=1S/C18H16FN3O2/c19-15-10-13(5-6-16(15)24-14-2-1-3-14)21-18(23)12-4-7-17-20-8-9-22(17)11-12/h4-11,14H,1-3H2,(H,21,23). The summed E-state index contributed by atoms with van der Waals surface area (Å²) in [7, 11) is 0. The first-order valence-corrected chi connectivity index (χ1v) is 7.89. The lowest BCUT2D eigenvalue weighted by atomic mass is 9.96. The van der Waals surface area contributed by atoms with Gasteiger partial charge in [0.05, 0.1) is 11.7 Å². The molecule has 0 bridgehead atoms. The fraction of sp³-hybridized carbons (Fsp3) is 0.222. The summed E-state index contributed by atoms with van der Waals surface area (Å²) in [5.41, 5.74) is 1.62. The maximum absolute atomic E-state index is 14.1. The summed E-state index contributed by atoms with van der Waals surface area (Å²) in [5.74, 6) is -0.542. The van der Waals surface area contributed by atoms with Gasteiger partial charge in [0.25, 0.3) is 5.91 Å². The number of rotatable bonds is 4. The van der Waals surface area contributed by atoms with E-state index >= 15 is 0 Å². The summed E-state index contributed by atoms with van der Waals surface area (Å²) in [5, 5.41) is 2.70. The molecule has 0 unspecified atom stereocenters. The van der Waals surface area contributed by atoms with E-state index in [1.165, 1.54) is 6.07 Å². The number of hydrogen-bond donors (Lipinski definition) is 1. The minimum absolute atomic E-state index is 0.113. The van der Waals surface area contributed by atoms with Crippen molar-refractivity contribution in [2.24, 2.45) is 0 Å². The molecule has 0 radical (unpaired) electrons. The lowest BCUT2D eigenvalue weighted by molar-refractivity contribution is 0.102. The van der Waals surface area contributed by atoms with E-state index in [0.717, 1.165) is 24.9 Å². The Labute approximate surface area is 138 Å². The van der Waals surface area contributed by atoms with Gasteiger partial charge in [0.2, 0.25) is 0 Å². The van der Waals surface area contributed by atoms with Gasteiger partial charge in [0.15, 0.2) is 11.6 Å². The fourth-order valence-corrected chi connectivity index (χ4v) is 2.60. The molecule has 6 heteroatoms. The molecule has 3 aromatic rings. The van der Waals surface area contributed by atoms with Crippen molar-refractivity contribution in [3.05, 3.63) is 60.3 Å². The van der Waals surface area contributed by atoms with Crippen LogP contribution in [0.25, 0.3) is 5.65 Å². The van der Waals surface area contributed by atoms with Crippen molar-refractivity contribution < 1.29 is 13.9 Å². The van der Waals surface area contributed by atoms with Gasteiger partial charge in [0.1, 0.15) is 5.65 Å². The van der Waals surface area contributed by atoms with Gasteiger partial charge in [-0.25, -0.2) is 9.37 Å². The van der Waals surface area contributed by atoms with E-state index in [-0.39, 0.29) is 17.8 Å². The van der Waals surface area contributed by atoms with E-state index in [9.17, 15) is 9.18 Å². The summed E-state index contributed by atoms with van der Waals surface area (Å²) in [4.78, 5) is 16.4. The minimum Gasteiger partial charge on any atom is -0.487 e. The molecule has 122 valence electrons. The fourth-order valence-electron chi connectivity index (χ4n) is 2.60. The molecule has 24 heavy (non-hydrogen) atoms. The maximum atomic E-state index is 14.1. The first kappa shape index (κ1) is 14.7. The van der Waals surface area contributed by atoms with Crippen LogP contribution in [0.4, 0.5) is 10.1 Å². The van der Waals surface area contributed by atoms with Gasteiger partial charge in [-0.2, -0.15) is 0 Å². The molecular formula is C18H16FN3O2. The van der Waals surface area contributed by atoms with Crippen LogP contribution in [0, 0.1) is 5.82 Å². The SMILES string of the molecule is O=C(Nc1ccc(OC2CCC2)c(F)c1)c1ccc2nccn2c1. The van der Waals surface area contributed by atoms with Crippen molar-refractivity contribution >= 4 is 17.2 Å². The molecular weight excluding hydrogens is 309 g/mol. The van der Waals surface area contributed by atoms with E-state index in [4.69, 9.17) is 4.74 Å². The Morgan fingerprint density at radius 3 is 2.92 bits per heavy atom. The van der Waals surface area contributed by atoms with Gasteiger partial charge in [-0.3, -0.25) is 4.79 Å². The molecule has 0 aliphatic heterocycles. The normalized spacial score (nSPS) is 14.4. The van der Waals surface area contributed by atoms with Gasteiger partial charge in [-0.15, -0.1) is 0 Å². The van der Waals surface area contributed by atoms with Crippen molar-refractivity contribution in [3.63, 3.8) is 0 Å². The Morgan fingerprint density at radius 2 is 2.17 bits per heavy atom. The summed E-state index contributed by atoms with van der Waals surface area (Å²) < 4.78 is 21.4. The van der Waals surface area contributed by atoms with Crippen LogP contribution in [0.1, 0.15) is 29.6 Å². The molecule has 4 rings (SSSR count). The molecule has 1 amide bonds. The monoisotopic (exact) mass is 325 g/mol. The second kappa shape index (κ2) is 5.96. The van der Waals surface area contributed by atoms with Gasteiger partial charge in [-0.05, 0) is 43.5 Å². The first-order chi connectivity index (χ1) is 11.7. The molecule has 1 fully saturated rings. The number of amides is 1. The highest BCUT2D eigenvalue weighted by molar-refractivity contribution is 6.04. The number of pyridine rings is 1. The number of fused-ring (bicyclic) bond motifs is 1. The first-order valence-electron chi connectivity index (χ1n) is 7.89. The van der Waals surface area contributed by atoms with Crippen molar-refractivity contribution in [3.8, 4) is 5.75 Å². The molecule has 1 N–H and O–H groups in total. The maximum Gasteiger partial charge on any atom is 0.257 e. The Morgan fingerprint density at radius 1 is 1.29 bits per heavy atom. The Bertz CT molecular complexity index is 902. The second-order valence-corrected chi connectivity index (χ2v) is 5.88. The molecule has 1 aliphatic rings. The van der Waals surface area contributed by atoms with Gasteiger partial charge in [0, 0.05) is 30.3 Å². The number of anilines is 1. The smallest absolute Gasteiger partial charge is 0.257 e. The average molecular weight is 325 g/mol. The van der Waals surface area contributed by atoms with Crippen molar-refractivity contribution in [1.82, 2.24) is 9.38 Å². The summed E-state index contributed by atoms with van der Waals surface area (Å²) in [6.07, 6.45) is 8.28. The number of ether oxygens (including phenoxy) is 1.